The number of alkyl halides is 1. The van der Waals surface area contributed by atoms with E-state index in [1.54, 1.807) is 18.2 Å². The molecule has 0 bridgehead atoms. The Hall–Kier alpha value is -0.390. The Morgan fingerprint density at radius 1 is 1.00 bits per heavy atom. The van der Waals surface area contributed by atoms with E-state index in [0.717, 1.165) is 21.8 Å². The molecular weight excluding hydrogens is 392 g/mol. The van der Waals surface area contributed by atoms with Crippen molar-refractivity contribution in [3.8, 4) is 0 Å². The van der Waals surface area contributed by atoms with Gasteiger partial charge in [0.1, 0.15) is 11.6 Å². The summed E-state index contributed by atoms with van der Waals surface area (Å²) in [6.45, 7) is 0. The van der Waals surface area contributed by atoms with Gasteiger partial charge in [0.15, 0.2) is 0 Å². The number of benzene rings is 2. The van der Waals surface area contributed by atoms with Crippen LogP contribution in [-0.4, -0.2) is 0 Å². The monoisotopic (exact) mass is 398 g/mol. The third kappa shape index (κ3) is 2.95. The second-order valence-corrected chi connectivity index (χ2v) is 5.73. The Bertz CT molecular complexity index is 536. The molecule has 0 aliphatic heterocycles. The first-order valence-corrected chi connectivity index (χ1v) is 6.92. The Balaban J connectivity index is 2.50. The van der Waals surface area contributed by atoms with E-state index < -0.39 is 17.0 Å². The lowest BCUT2D eigenvalue weighted by Crippen LogP contribution is -2.00. The van der Waals surface area contributed by atoms with Crippen molar-refractivity contribution in [2.24, 2.45) is 0 Å². The molecule has 0 aliphatic carbocycles. The molecule has 0 spiro atoms. The van der Waals surface area contributed by atoms with E-state index >= 15 is 0 Å². The fourth-order valence-corrected chi connectivity index (χ4v) is 2.94. The summed E-state index contributed by atoms with van der Waals surface area (Å²) in [7, 11) is 0. The Kier molecular flexibility index (Phi) is 4.45. The number of rotatable bonds is 2. The van der Waals surface area contributed by atoms with Crippen LogP contribution in [0.2, 0.25) is 5.02 Å². The predicted octanol–water partition coefficient (Wildman–Crippen LogP) is 5.55. The van der Waals surface area contributed by atoms with Gasteiger partial charge in [0.05, 0.1) is 5.38 Å². The quantitative estimate of drug-likeness (QED) is 0.459. The van der Waals surface area contributed by atoms with Crippen molar-refractivity contribution in [3.63, 3.8) is 0 Å². The lowest BCUT2D eigenvalue weighted by molar-refractivity contribution is 0.587. The topological polar surface area (TPSA) is 0 Å². The summed E-state index contributed by atoms with van der Waals surface area (Å²) in [6.07, 6.45) is 0. The van der Waals surface area contributed by atoms with E-state index in [-0.39, 0.29) is 5.56 Å². The molecule has 0 heterocycles. The van der Waals surface area contributed by atoms with Gasteiger partial charge >= 0.3 is 0 Å². The molecule has 0 amide bonds. The van der Waals surface area contributed by atoms with E-state index in [1.165, 1.54) is 0 Å². The van der Waals surface area contributed by atoms with Gasteiger partial charge in [0.2, 0.25) is 0 Å². The molecule has 0 nitrogen and oxygen atoms in total. The molecular formula is C13H7Cl2F2I. The van der Waals surface area contributed by atoms with Crippen LogP contribution in [0.3, 0.4) is 0 Å². The summed E-state index contributed by atoms with van der Waals surface area (Å²) in [5.74, 6) is -1.05. The highest BCUT2D eigenvalue weighted by Gasteiger charge is 2.18. The molecule has 1 unspecified atom stereocenters. The van der Waals surface area contributed by atoms with Crippen LogP contribution in [0.1, 0.15) is 16.5 Å². The molecule has 5 heteroatoms. The van der Waals surface area contributed by atoms with E-state index in [1.807, 2.05) is 0 Å². The number of hydrogen-bond acceptors (Lipinski definition) is 0. The van der Waals surface area contributed by atoms with Gasteiger partial charge in [-0.05, 0) is 64.6 Å². The van der Waals surface area contributed by atoms with E-state index in [9.17, 15) is 8.78 Å². The maximum absolute atomic E-state index is 13.7. The predicted molar refractivity (Wildman–Crippen MR) is 78.2 cm³/mol. The van der Waals surface area contributed by atoms with Crippen molar-refractivity contribution in [3.05, 3.63) is 67.8 Å². The van der Waals surface area contributed by atoms with Crippen molar-refractivity contribution in [1.82, 2.24) is 0 Å². The summed E-state index contributed by atoms with van der Waals surface area (Å²) >= 11 is 14.2. The van der Waals surface area contributed by atoms with Gasteiger partial charge in [-0.25, -0.2) is 8.78 Å². The zero-order valence-corrected chi connectivity index (χ0v) is 12.6. The molecule has 0 N–H and O–H groups in total. The van der Waals surface area contributed by atoms with Crippen LogP contribution in [0.5, 0.6) is 0 Å². The highest BCUT2D eigenvalue weighted by molar-refractivity contribution is 14.1. The van der Waals surface area contributed by atoms with Crippen molar-refractivity contribution in [1.29, 1.82) is 0 Å². The molecule has 2 aromatic carbocycles. The minimum absolute atomic E-state index is 0.108. The molecule has 0 saturated carbocycles. The molecule has 2 rings (SSSR count). The molecule has 0 fully saturated rings. The van der Waals surface area contributed by atoms with Crippen LogP contribution in [0.25, 0.3) is 0 Å². The van der Waals surface area contributed by atoms with E-state index in [0.29, 0.717) is 10.6 Å². The Morgan fingerprint density at radius 3 is 2.44 bits per heavy atom. The van der Waals surface area contributed by atoms with Crippen molar-refractivity contribution < 1.29 is 8.78 Å². The van der Waals surface area contributed by atoms with Crippen LogP contribution in [-0.2, 0) is 0 Å². The first-order valence-electron chi connectivity index (χ1n) is 5.03. The zero-order chi connectivity index (χ0) is 13.3. The second-order valence-electron chi connectivity index (χ2n) is 3.69. The lowest BCUT2D eigenvalue weighted by Gasteiger charge is -2.13. The normalized spacial score (nSPS) is 12.5. The number of halogens is 5. The van der Waals surface area contributed by atoms with Gasteiger partial charge in [-0.2, -0.15) is 0 Å². The van der Waals surface area contributed by atoms with Crippen LogP contribution in [0.4, 0.5) is 8.78 Å². The van der Waals surface area contributed by atoms with Crippen LogP contribution in [0.15, 0.2) is 36.4 Å². The number of hydrogen-bond donors (Lipinski definition) is 0. The summed E-state index contributed by atoms with van der Waals surface area (Å²) in [5.41, 5.74) is 0.770. The summed E-state index contributed by atoms with van der Waals surface area (Å²) in [4.78, 5) is 0. The molecule has 0 aliphatic rings. The summed E-state index contributed by atoms with van der Waals surface area (Å²) < 4.78 is 27.6. The third-order valence-corrected chi connectivity index (χ3v) is 4.15. The average Bonchev–Trinajstić information content (AvgIpc) is 2.34. The maximum atomic E-state index is 13.7. The minimum Gasteiger partial charge on any atom is -0.207 e. The first-order chi connectivity index (χ1) is 8.49. The van der Waals surface area contributed by atoms with Gasteiger partial charge < -0.3 is 0 Å². The fourth-order valence-electron chi connectivity index (χ4n) is 1.59. The molecule has 0 aromatic heterocycles. The molecule has 1 atom stereocenters. The second kappa shape index (κ2) is 5.72. The average molecular weight is 399 g/mol. The third-order valence-electron chi connectivity index (χ3n) is 2.46. The van der Waals surface area contributed by atoms with Gasteiger partial charge in [0, 0.05) is 14.2 Å². The molecule has 0 saturated heterocycles. The summed E-state index contributed by atoms with van der Waals surface area (Å²) in [5, 5.41) is -0.265. The standard InChI is InChI=1S/C13H7Cl2F2I/c14-7-1-4-12(18)10(5-7)13(15)9-6-8(16)2-3-11(9)17/h1-6,13H. The SMILES string of the molecule is Fc1ccc(F)c(C(Cl)c2cc(Cl)ccc2I)c1. The fraction of sp³-hybridized carbons (Fsp3) is 0.0769. The summed E-state index contributed by atoms with van der Waals surface area (Å²) in [6, 6.07) is 8.39. The van der Waals surface area contributed by atoms with Crippen LogP contribution in [0, 0.1) is 15.2 Å². The highest BCUT2D eigenvalue weighted by Crippen LogP contribution is 2.35. The van der Waals surface area contributed by atoms with E-state index in [4.69, 9.17) is 23.2 Å². The van der Waals surface area contributed by atoms with Crippen LogP contribution >= 0.6 is 45.8 Å². The van der Waals surface area contributed by atoms with Crippen molar-refractivity contribution >= 4 is 45.8 Å². The van der Waals surface area contributed by atoms with Crippen molar-refractivity contribution in [2.45, 2.75) is 5.38 Å². The smallest absolute Gasteiger partial charge is 0.128 e. The molecule has 0 radical (unpaired) electrons. The van der Waals surface area contributed by atoms with Gasteiger partial charge in [-0.3, -0.25) is 0 Å². The van der Waals surface area contributed by atoms with E-state index in [2.05, 4.69) is 22.6 Å². The lowest BCUT2D eigenvalue weighted by atomic mass is 10.0. The highest BCUT2D eigenvalue weighted by atomic mass is 127. The van der Waals surface area contributed by atoms with Gasteiger partial charge in [-0.1, -0.05) is 11.6 Å². The van der Waals surface area contributed by atoms with Gasteiger partial charge in [-0.15, -0.1) is 11.6 Å². The molecule has 94 valence electrons. The van der Waals surface area contributed by atoms with Crippen LogP contribution < -0.4 is 0 Å². The van der Waals surface area contributed by atoms with Crippen molar-refractivity contribution in [2.75, 3.05) is 0 Å². The Morgan fingerprint density at radius 2 is 1.72 bits per heavy atom. The van der Waals surface area contributed by atoms with Gasteiger partial charge in [0.25, 0.3) is 0 Å². The largest absolute Gasteiger partial charge is 0.207 e. The molecule has 18 heavy (non-hydrogen) atoms. The minimum atomic E-state index is -0.772. The maximum Gasteiger partial charge on any atom is 0.128 e. The Labute approximate surface area is 127 Å². The zero-order valence-electron chi connectivity index (χ0n) is 8.93. The molecule has 2 aromatic rings. The first kappa shape index (κ1) is 14.0.